The maximum Gasteiger partial charge on any atom is 0.183 e. The lowest BCUT2D eigenvalue weighted by Crippen LogP contribution is -1.91. The molecule has 0 spiro atoms. The first-order valence-corrected chi connectivity index (χ1v) is 2.57. The van der Waals surface area contributed by atoms with Crippen LogP contribution < -0.4 is 0 Å². The predicted octanol–water partition coefficient (Wildman–Crippen LogP) is 1.29. The Morgan fingerprint density at radius 2 is 2.22 bits per heavy atom. The summed E-state index contributed by atoms with van der Waals surface area (Å²) in [4.78, 5) is 10.6. The Hall–Kier alpha value is -1.05. The van der Waals surface area contributed by atoms with Crippen molar-refractivity contribution in [1.29, 1.82) is 0 Å². The van der Waals surface area contributed by atoms with E-state index in [2.05, 4.69) is 11.3 Å². The number of hydrogen-bond acceptors (Lipinski definition) is 2. The minimum atomic E-state index is -0.100. The molecule has 0 atom stereocenters. The zero-order chi connectivity index (χ0) is 7.28. The van der Waals surface area contributed by atoms with Gasteiger partial charge in [-0.3, -0.25) is 4.79 Å². The van der Waals surface area contributed by atoms with Gasteiger partial charge in [0, 0.05) is 6.08 Å². The minimum Gasteiger partial charge on any atom is -0.504 e. The van der Waals surface area contributed by atoms with Crippen LogP contribution in [0.25, 0.3) is 0 Å². The molecule has 0 rings (SSSR count). The van der Waals surface area contributed by atoms with Gasteiger partial charge in [-0.1, -0.05) is 6.58 Å². The van der Waals surface area contributed by atoms with Crippen molar-refractivity contribution >= 4 is 5.78 Å². The van der Waals surface area contributed by atoms with Crippen LogP contribution in [0, 0.1) is 0 Å². The Labute approximate surface area is 54.8 Å². The molecule has 0 N–H and O–H groups in total. The number of carbonyl (C=O) groups excluding carboxylic acids is 1. The molecule has 0 aliphatic heterocycles. The molecule has 0 saturated carbocycles. The lowest BCUT2D eigenvalue weighted by atomic mass is 10.2. The van der Waals surface area contributed by atoms with Crippen LogP contribution in [0.2, 0.25) is 0 Å². The summed E-state index contributed by atoms with van der Waals surface area (Å²) in [6.45, 7) is 5.11. The molecular formula is C7H10O2. The second-order valence-electron chi connectivity index (χ2n) is 1.68. The molecule has 0 aromatic carbocycles. The van der Waals surface area contributed by atoms with Gasteiger partial charge in [0.1, 0.15) is 0 Å². The summed E-state index contributed by atoms with van der Waals surface area (Å²) in [5.41, 5.74) is 0.517. The Kier molecular flexibility index (Phi) is 3.44. The summed E-state index contributed by atoms with van der Waals surface area (Å²) in [7, 11) is 1.49. The van der Waals surface area contributed by atoms with Crippen molar-refractivity contribution in [3.8, 4) is 0 Å². The van der Waals surface area contributed by atoms with Crippen molar-refractivity contribution in [3.63, 3.8) is 0 Å². The Morgan fingerprint density at radius 3 is 2.56 bits per heavy atom. The highest BCUT2D eigenvalue weighted by atomic mass is 16.5. The van der Waals surface area contributed by atoms with Gasteiger partial charge < -0.3 is 4.74 Å². The predicted molar refractivity (Wildman–Crippen MR) is 36.0 cm³/mol. The monoisotopic (exact) mass is 126 g/mol. The summed E-state index contributed by atoms with van der Waals surface area (Å²) < 4.78 is 4.52. The van der Waals surface area contributed by atoms with Crippen molar-refractivity contribution in [2.45, 2.75) is 6.92 Å². The molecule has 50 valence electrons. The number of methoxy groups -OCH3 is 1. The van der Waals surface area contributed by atoms with E-state index in [1.54, 1.807) is 6.92 Å². The second kappa shape index (κ2) is 3.89. The van der Waals surface area contributed by atoms with Crippen molar-refractivity contribution in [2.24, 2.45) is 0 Å². The number of ketones is 1. The van der Waals surface area contributed by atoms with E-state index < -0.39 is 0 Å². The fraction of sp³-hybridized carbons (Fsp3) is 0.286. The fourth-order valence-electron chi connectivity index (χ4n) is 0.272. The van der Waals surface area contributed by atoms with Crippen molar-refractivity contribution < 1.29 is 9.53 Å². The Bertz CT molecular complexity index is 145. The molecule has 0 unspecified atom stereocenters. The summed E-state index contributed by atoms with van der Waals surface area (Å²) in [5, 5.41) is 0. The standard InChI is InChI=1S/C7H10O2/c1-6(2)7(8)4-5-9-3/h4-5H,1H2,2-3H3/b5-4+. The van der Waals surface area contributed by atoms with Crippen LogP contribution in [-0.4, -0.2) is 12.9 Å². The number of hydrogen-bond donors (Lipinski definition) is 0. The van der Waals surface area contributed by atoms with Crippen LogP contribution in [0.5, 0.6) is 0 Å². The van der Waals surface area contributed by atoms with E-state index in [1.807, 2.05) is 0 Å². The first-order chi connectivity index (χ1) is 4.18. The number of ether oxygens (including phenoxy) is 1. The first-order valence-electron chi connectivity index (χ1n) is 2.57. The van der Waals surface area contributed by atoms with Gasteiger partial charge in [-0.15, -0.1) is 0 Å². The molecule has 0 bridgehead atoms. The fourth-order valence-corrected chi connectivity index (χ4v) is 0.272. The van der Waals surface area contributed by atoms with Gasteiger partial charge in [0.15, 0.2) is 5.78 Å². The molecule has 0 radical (unpaired) electrons. The highest BCUT2D eigenvalue weighted by Crippen LogP contribution is 1.90. The maximum atomic E-state index is 10.6. The number of rotatable bonds is 3. The third-order valence-corrected chi connectivity index (χ3v) is 0.776. The highest BCUT2D eigenvalue weighted by Gasteiger charge is 1.92. The molecule has 0 aliphatic rings. The molecule has 0 aliphatic carbocycles. The molecule has 9 heavy (non-hydrogen) atoms. The Morgan fingerprint density at radius 1 is 1.67 bits per heavy atom. The molecule has 0 amide bonds. The van der Waals surface area contributed by atoms with E-state index in [4.69, 9.17) is 0 Å². The maximum absolute atomic E-state index is 10.6. The van der Waals surface area contributed by atoms with Crippen LogP contribution in [0.4, 0.5) is 0 Å². The van der Waals surface area contributed by atoms with E-state index in [0.29, 0.717) is 5.57 Å². The third kappa shape index (κ3) is 3.53. The molecule has 2 nitrogen and oxygen atoms in total. The summed E-state index contributed by atoms with van der Waals surface area (Å²) in [6, 6.07) is 0. The van der Waals surface area contributed by atoms with Gasteiger partial charge in [0.05, 0.1) is 13.4 Å². The molecule has 0 fully saturated rings. The Balaban J connectivity index is 3.77. The lowest BCUT2D eigenvalue weighted by molar-refractivity contribution is -0.111. The molecular weight excluding hydrogens is 116 g/mol. The largest absolute Gasteiger partial charge is 0.504 e. The molecule has 0 heterocycles. The molecule has 0 aromatic rings. The van der Waals surface area contributed by atoms with Crippen LogP contribution in [0.1, 0.15) is 6.92 Å². The van der Waals surface area contributed by atoms with Gasteiger partial charge in [-0.05, 0) is 12.5 Å². The van der Waals surface area contributed by atoms with Crippen LogP contribution in [0.3, 0.4) is 0 Å². The first kappa shape index (κ1) is 7.95. The van der Waals surface area contributed by atoms with Crippen molar-refractivity contribution in [3.05, 3.63) is 24.5 Å². The summed E-state index contributed by atoms with van der Waals surface area (Å²) in [5.74, 6) is -0.100. The second-order valence-corrected chi connectivity index (χ2v) is 1.68. The van der Waals surface area contributed by atoms with E-state index in [1.165, 1.54) is 19.4 Å². The van der Waals surface area contributed by atoms with Crippen LogP contribution >= 0.6 is 0 Å². The lowest BCUT2D eigenvalue weighted by Gasteiger charge is -1.88. The summed E-state index contributed by atoms with van der Waals surface area (Å²) >= 11 is 0. The molecule has 0 aromatic heterocycles. The minimum absolute atomic E-state index is 0.100. The number of carbonyl (C=O) groups is 1. The van der Waals surface area contributed by atoms with Gasteiger partial charge in [-0.25, -0.2) is 0 Å². The molecule has 2 heteroatoms. The third-order valence-electron chi connectivity index (χ3n) is 0.776. The van der Waals surface area contributed by atoms with Crippen molar-refractivity contribution in [1.82, 2.24) is 0 Å². The normalized spacial score (nSPS) is 9.56. The topological polar surface area (TPSA) is 26.3 Å². The zero-order valence-electron chi connectivity index (χ0n) is 5.68. The average Bonchev–Trinajstić information content (AvgIpc) is 1.82. The van der Waals surface area contributed by atoms with E-state index in [9.17, 15) is 4.79 Å². The van der Waals surface area contributed by atoms with E-state index in [0.717, 1.165) is 0 Å². The number of allylic oxidation sites excluding steroid dienone is 2. The van der Waals surface area contributed by atoms with Crippen LogP contribution in [0.15, 0.2) is 24.5 Å². The zero-order valence-corrected chi connectivity index (χ0v) is 5.68. The average molecular weight is 126 g/mol. The van der Waals surface area contributed by atoms with Gasteiger partial charge >= 0.3 is 0 Å². The van der Waals surface area contributed by atoms with Gasteiger partial charge in [-0.2, -0.15) is 0 Å². The smallest absolute Gasteiger partial charge is 0.183 e. The van der Waals surface area contributed by atoms with Gasteiger partial charge in [0.2, 0.25) is 0 Å². The van der Waals surface area contributed by atoms with Gasteiger partial charge in [0.25, 0.3) is 0 Å². The van der Waals surface area contributed by atoms with Crippen LogP contribution in [-0.2, 0) is 9.53 Å². The summed E-state index contributed by atoms with van der Waals surface area (Å²) in [6.07, 6.45) is 2.67. The molecule has 0 saturated heterocycles. The van der Waals surface area contributed by atoms with Crippen molar-refractivity contribution in [2.75, 3.05) is 7.11 Å². The van der Waals surface area contributed by atoms with E-state index in [-0.39, 0.29) is 5.78 Å². The SMILES string of the molecule is C=C(C)C(=O)/C=C/OC. The highest BCUT2D eigenvalue weighted by molar-refractivity contribution is 6.02. The quantitative estimate of drug-likeness (QED) is 0.420. The van der Waals surface area contributed by atoms with E-state index >= 15 is 0 Å².